The summed E-state index contributed by atoms with van der Waals surface area (Å²) in [5.74, 6) is 0.277. The third kappa shape index (κ3) is 2.52. The molecule has 0 saturated carbocycles. The van der Waals surface area contributed by atoms with Crippen molar-refractivity contribution in [2.45, 2.75) is 5.92 Å². The van der Waals surface area contributed by atoms with Crippen LogP contribution in [0.4, 0.5) is 0 Å². The fourth-order valence-corrected chi connectivity index (χ4v) is 2.29. The molecule has 2 aromatic carbocycles. The SMILES string of the molecule is NCC(c1ccccc1)c1cccc(Br)c1. The van der Waals surface area contributed by atoms with Crippen molar-refractivity contribution in [1.29, 1.82) is 0 Å². The number of nitrogens with two attached hydrogens (primary N) is 1. The van der Waals surface area contributed by atoms with Gasteiger partial charge in [-0.1, -0.05) is 58.4 Å². The number of hydrogen-bond donors (Lipinski definition) is 1. The van der Waals surface area contributed by atoms with Gasteiger partial charge in [-0.25, -0.2) is 0 Å². The van der Waals surface area contributed by atoms with Crippen LogP contribution in [0.1, 0.15) is 17.0 Å². The van der Waals surface area contributed by atoms with Crippen molar-refractivity contribution in [3.05, 3.63) is 70.2 Å². The summed E-state index contributed by atoms with van der Waals surface area (Å²) in [5, 5.41) is 0. The fourth-order valence-electron chi connectivity index (χ4n) is 1.87. The number of hydrogen-bond acceptors (Lipinski definition) is 1. The Hall–Kier alpha value is -1.12. The lowest BCUT2D eigenvalue weighted by Crippen LogP contribution is -2.13. The van der Waals surface area contributed by atoms with Gasteiger partial charge in [-0.2, -0.15) is 0 Å². The molecule has 16 heavy (non-hydrogen) atoms. The highest BCUT2D eigenvalue weighted by Crippen LogP contribution is 2.25. The molecular formula is C14H14BrN. The highest BCUT2D eigenvalue weighted by molar-refractivity contribution is 9.10. The summed E-state index contributed by atoms with van der Waals surface area (Å²) in [6.45, 7) is 0.625. The number of rotatable bonds is 3. The van der Waals surface area contributed by atoms with Gasteiger partial charge in [0.05, 0.1) is 0 Å². The monoisotopic (exact) mass is 275 g/mol. The van der Waals surface area contributed by atoms with E-state index < -0.39 is 0 Å². The minimum atomic E-state index is 0.277. The van der Waals surface area contributed by atoms with Crippen molar-refractivity contribution >= 4 is 15.9 Å². The standard InChI is InChI=1S/C14H14BrN/c15-13-8-4-7-12(9-13)14(10-16)11-5-2-1-3-6-11/h1-9,14H,10,16H2. The highest BCUT2D eigenvalue weighted by Gasteiger charge is 2.11. The first-order valence-electron chi connectivity index (χ1n) is 5.31. The Kier molecular flexibility index (Phi) is 3.75. The van der Waals surface area contributed by atoms with E-state index in [1.54, 1.807) is 0 Å². The van der Waals surface area contributed by atoms with Gasteiger partial charge in [-0.05, 0) is 23.3 Å². The summed E-state index contributed by atoms with van der Waals surface area (Å²) in [7, 11) is 0. The van der Waals surface area contributed by atoms with E-state index in [9.17, 15) is 0 Å². The summed E-state index contributed by atoms with van der Waals surface area (Å²) < 4.78 is 1.10. The minimum absolute atomic E-state index is 0.277. The predicted octanol–water partition coefficient (Wildman–Crippen LogP) is 3.54. The first-order chi connectivity index (χ1) is 7.81. The van der Waals surface area contributed by atoms with Gasteiger partial charge in [-0.3, -0.25) is 0 Å². The summed E-state index contributed by atoms with van der Waals surface area (Å²) in [6, 6.07) is 18.7. The van der Waals surface area contributed by atoms with Crippen LogP contribution in [0.3, 0.4) is 0 Å². The molecule has 82 valence electrons. The van der Waals surface area contributed by atoms with Gasteiger partial charge in [0, 0.05) is 16.9 Å². The van der Waals surface area contributed by atoms with E-state index in [4.69, 9.17) is 5.73 Å². The topological polar surface area (TPSA) is 26.0 Å². The molecule has 0 fully saturated rings. The van der Waals surface area contributed by atoms with Crippen molar-refractivity contribution < 1.29 is 0 Å². The molecular weight excluding hydrogens is 262 g/mol. The average molecular weight is 276 g/mol. The van der Waals surface area contributed by atoms with E-state index in [-0.39, 0.29) is 5.92 Å². The second kappa shape index (κ2) is 5.28. The molecule has 0 aliphatic rings. The van der Waals surface area contributed by atoms with Gasteiger partial charge in [0.2, 0.25) is 0 Å². The third-order valence-electron chi connectivity index (χ3n) is 2.69. The van der Waals surface area contributed by atoms with E-state index in [1.165, 1.54) is 11.1 Å². The highest BCUT2D eigenvalue weighted by atomic mass is 79.9. The van der Waals surface area contributed by atoms with Crippen molar-refractivity contribution in [2.75, 3.05) is 6.54 Å². The molecule has 2 heteroatoms. The van der Waals surface area contributed by atoms with Crippen LogP contribution in [0.25, 0.3) is 0 Å². The molecule has 0 aliphatic heterocycles. The Morgan fingerprint density at radius 1 is 0.938 bits per heavy atom. The molecule has 2 rings (SSSR count). The Labute approximate surface area is 104 Å². The fraction of sp³-hybridized carbons (Fsp3) is 0.143. The lowest BCUT2D eigenvalue weighted by atomic mass is 9.92. The van der Waals surface area contributed by atoms with E-state index in [2.05, 4.69) is 52.3 Å². The Morgan fingerprint density at radius 3 is 2.25 bits per heavy atom. The minimum Gasteiger partial charge on any atom is -0.330 e. The molecule has 0 radical (unpaired) electrons. The molecule has 1 nitrogen and oxygen atoms in total. The quantitative estimate of drug-likeness (QED) is 0.911. The lowest BCUT2D eigenvalue weighted by molar-refractivity contribution is 0.818. The molecule has 1 unspecified atom stereocenters. The lowest BCUT2D eigenvalue weighted by Gasteiger charge is -2.15. The summed E-state index contributed by atoms with van der Waals surface area (Å²) in [5.41, 5.74) is 8.39. The molecule has 0 heterocycles. The van der Waals surface area contributed by atoms with E-state index in [0.717, 1.165) is 4.47 Å². The van der Waals surface area contributed by atoms with Crippen LogP contribution in [0.5, 0.6) is 0 Å². The molecule has 2 N–H and O–H groups in total. The van der Waals surface area contributed by atoms with Crippen LogP contribution in [-0.4, -0.2) is 6.54 Å². The first-order valence-corrected chi connectivity index (χ1v) is 6.11. The van der Waals surface area contributed by atoms with Crippen LogP contribution >= 0.6 is 15.9 Å². The number of halogens is 1. The molecule has 2 aromatic rings. The van der Waals surface area contributed by atoms with Crippen LogP contribution in [0.2, 0.25) is 0 Å². The molecule has 1 atom stereocenters. The van der Waals surface area contributed by atoms with E-state index in [1.807, 2.05) is 18.2 Å². The van der Waals surface area contributed by atoms with Crippen molar-refractivity contribution in [1.82, 2.24) is 0 Å². The van der Waals surface area contributed by atoms with Gasteiger partial charge in [0.15, 0.2) is 0 Å². The molecule has 0 spiro atoms. The van der Waals surface area contributed by atoms with Crippen molar-refractivity contribution in [3.8, 4) is 0 Å². The summed E-state index contributed by atoms with van der Waals surface area (Å²) >= 11 is 3.49. The maximum atomic E-state index is 5.87. The summed E-state index contributed by atoms with van der Waals surface area (Å²) in [6.07, 6.45) is 0. The Bertz CT molecular complexity index is 453. The molecule has 0 bridgehead atoms. The second-order valence-corrected chi connectivity index (χ2v) is 4.67. The predicted molar refractivity (Wildman–Crippen MR) is 71.5 cm³/mol. The van der Waals surface area contributed by atoms with Crippen LogP contribution in [-0.2, 0) is 0 Å². The van der Waals surface area contributed by atoms with Gasteiger partial charge < -0.3 is 5.73 Å². The maximum Gasteiger partial charge on any atom is 0.0212 e. The molecule has 0 aromatic heterocycles. The maximum absolute atomic E-state index is 5.87. The molecule has 0 aliphatic carbocycles. The van der Waals surface area contributed by atoms with Crippen LogP contribution in [0, 0.1) is 0 Å². The zero-order valence-corrected chi connectivity index (χ0v) is 10.5. The zero-order chi connectivity index (χ0) is 11.4. The van der Waals surface area contributed by atoms with E-state index >= 15 is 0 Å². The normalized spacial score (nSPS) is 12.4. The smallest absolute Gasteiger partial charge is 0.0212 e. The Balaban J connectivity index is 2.37. The van der Waals surface area contributed by atoms with E-state index in [0.29, 0.717) is 6.54 Å². The van der Waals surface area contributed by atoms with Crippen LogP contribution < -0.4 is 5.73 Å². The first kappa shape index (κ1) is 11.4. The Morgan fingerprint density at radius 2 is 1.62 bits per heavy atom. The van der Waals surface area contributed by atoms with Gasteiger partial charge >= 0.3 is 0 Å². The van der Waals surface area contributed by atoms with Crippen molar-refractivity contribution in [2.24, 2.45) is 5.73 Å². The largest absolute Gasteiger partial charge is 0.330 e. The molecule has 0 saturated heterocycles. The second-order valence-electron chi connectivity index (χ2n) is 3.75. The van der Waals surface area contributed by atoms with Gasteiger partial charge in [0.25, 0.3) is 0 Å². The van der Waals surface area contributed by atoms with Crippen LogP contribution in [0.15, 0.2) is 59.1 Å². The van der Waals surface area contributed by atoms with Gasteiger partial charge in [0.1, 0.15) is 0 Å². The third-order valence-corrected chi connectivity index (χ3v) is 3.18. The summed E-state index contributed by atoms with van der Waals surface area (Å²) in [4.78, 5) is 0. The molecule has 0 amide bonds. The van der Waals surface area contributed by atoms with Crippen molar-refractivity contribution in [3.63, 3.8) is 0 Å². The number of benzene rings is 2. The van der Waals surface area contributed by atoms with Gasteiger partial charge in [-0.15, -0.1) is 0 Å². The average Bonchev–Trinajstić information content (AvgIpc) is 2.31. The zero-order valence-electron chi connectivity index (χ0n) is 8.94.